The minimum Gasteiger partial charge on any atom is -0.125 e. The Morgan fingerprint density at radius 2 is 1.33 bits per heavy atom. The Kier molecular flexibility index (Phi) is 7.85. The third kappa shape index (κ3) is 4.56. The summed E-state index contributed by atoms with van der Waals surface area (Å²) in [7, 11) is -1.72. The van der Waals surface area contributed by atoms with E-state index in [2.05, 4.69) is 112 Å². The van der Waals surface area contributed by atoms with Crippen LogP contribution in [0.3, 0.4) is 0 Å². The highest BCUT2D eigenvalue weighted by Crippen LogP contribution is 2.40. The molecule has 0 atom stereocenters. The van der Waals surface area contributed by atoms with Crippen molar-refractivity contribution in [3.63, 3.8) is 0 Å². The van der Waals surface area contributed by atoms with Gasteiger partial charge in [0.05, 0.1) is 0 Å². The Labute approximate surface area is 159 Å². The van der Waals surface area contributed by atoms with Gasteiger partial charge >= 0.3 is 0 Å². The van der Waals surface area contributed by atoms with Crippen LogP contribution in [0.4, 0.5) is 0 Å². The molecule has 0 aliphatic carbocycles. The smallest absolute Gasteiger partial charge is 0.125 e. The van der Waals surface area contributed by atoms with E-state index in [0.29, 0.717) is 22.5 Å². The average molecular weight is 403 g/mol. The van der Waals surface area contributed by atoms with Crippen LogP contribution in [-0.4, -0.2) is 8.07 Å². The van der Waals surface area contributed by atoms with Crippen molar-refractivity contribution in [3.05, 3.63) is 34.9 Å². The van der Waals surface area contributed by atoms with Crippen LogP contribution in [0, 0.1) is 22.2 Å². The molecule has 0 aromatic heterocycles. The summed E-state index contributed by atoms with van der Waals surface area (Å²) in [5, 5.41) is 0. The molecule has 0 spiro atoms. The molecule has 0 amide bonds. The predicted molar refractivity (Wildman–Crippen MR) is 114 cm³/mol. The highest BCUT2D eigenvalue weighted by Gasteiger charge is 2.41. The van der Waals surface area contributed by atoms with E-state index >= 15 is 0 Å². The maximum atomic E-state index is 3.82. The maximum Gasteiger partial charge on any atom is 0.146 e. The molecule has 130 valence electrons. The van der Waals surface area contributed by atoms with Gasteiger partial charge in [0.15, 0.2) is 0 Å². The maximum absolute atomic E-state index is 3.82. The van der Waals surface area contributed by atoms with Crippen molar-refractivity contribution in [1.82, 2.24) is 0 Å². The van der Waals surface area contributed by atoms with Crippen molar-refractivity contribution in [2.24, 2.45) is 0 Å². The topological polar surface area (TPSA) is 0 Å². The molecule has 1 rings (SSSR count). The minimum atomic E-state index is -1.72. The van der Waals surface area contributed by atoms with Crippen molar-refractivity contribution in [2.45, 2.75) is 77.9 Å². The van der Waals surface area contributed by atoms with Crippen LogP contribution in [0.25, 0.3) is 0 Å². The van der Waals surface area contributed by atoms with E-state index in [0.717, 1.165) is 11.1 Å². The van der Waals surface area contributed by atoms with E-state index in [1.807, 2.05) is 0 Å². The molecule has 1 aromatic rings. The van der Waals surface area contributed by atoms with Crippen LogP contribution < -0.4 is 0 Å². The summed E-state index contributed by atoms with van der Waals surface area (Å²) in [5.41, 5.74) is 9.16. The molecule has 0 radical (unpaired) electrons. The van der Waals surface area contributed by atoms with Crippen molar-refractivity contribution < 1.29 is 0 Å². The number of rotatable bonds is 4. The van der Waals surface area contributed by atoms with Crippen molar-refractivity contribution in [3.8, 4) is 22.2 Å². The van der Waals surface area contributed by atoms with Crippen molar-refractivity contribution in [1.29, 1.82) is 0 Å². The van der Waals surface area contributed by atoms with Crippen molar-refractivity contribution >= 4 is 24.0 Å². The van der Waals surface area contributed by atoms with E-state index in [1.165, 1.54) is 5.56 Å². The van der Waals surface area contributed by atoms with E-state index in [4.69, 9.17) is 0 Å². The second-order valence-corrected chi connectivity index (χ2v) is 13.8. The van der Waals surface area contributed by atoms with Gasteiger partial charge in [-0.25, -0.2) is 0 Å². The summed E-state index contributed by atoms with van der Waals surface area (Å²) >= 11 is 3.23. The third-order valence-electron chi connectivity index (χ3n) is 5.17. The molecule has 0 unspecified atom stereocenters. The fraction of sp³-hybridized carbons (Fsp3) is 0.545. The Morgan fingerprint density at radius 3 is 1.75 bits per heavy atom. The number of hydrogen-bond acceptors (Lipinski definition) is 0. The highest BCUT2D eigenvalue weighted by atomic mass is 79.9. The van der Waals surface area contributed by atoms with Crippen LogP contribution in [0.2, 0.25) is 16.6 Å². The number of benzene rings is 1. The fourth-order valence-corrected chi connectivity index (χ4v) is 9.22. The second-order valence-electron chi connectivity index (χ2n) is 7.83. The van der Waals surface area contributed by atoms with Gasteiger partial charge in [-0.3, -0.25) is 0 Å². The zero-order valence-corrected chi connectivity index (χ0v) is 19.0. The first-order valence-corrected chi connectivity index (χ1v) is 12.0. The molecule has 0 heterocycles. The highest BCUT2D eigenvalue weighted by molar-refractivity contribution is 9.12. The zero-order chi connectivity index (χ0) is 18.5. The molecule has 0 aliphatic heterocycles. The van der Waals surface area contributed by atoms with Gasteiger partial charge in [-0.2, -0.15) is 0 Å². The third-order valence-corrected chi connectivity index (χ3v) is 11.7. The monoisotopic (exact) mass is 402 g/mol. The van der Waals surface area contributed by atoms with Crippen LogP contribution in [0.1, 0.15) is 78.0 Å². The first-order valence-electron chi connectivity index (χ1n) is 8.95. The molecule has 0 N–H and O–H groups in total. The Hall–Kier alpha value is -0.963. The Bertz CT molecular complexity index is 654. The van der Waals surface area contributed by atoms with Gasteiger partial charge in [-0.15, -0.1) is 5.54 Å². The van der Waals surface area contributed by atoms with E-state index in [-0.39, 0.29) is 0 Å². The molecule has 0 saturated carbocycles. The largest absolute Gasteiger partial charge is 0.146 e. The zero-order valence-electron chi connectivity index (χ0n) is 16.4. The molecule has 0 nitrogen and oxygen atoms in total. The lowest BCUT2D eigenvalue weighted by atomic mass is 9.98. The van der Waals surface area contributed by atoms with Crippen LogP contribution in [0.5, 0.6) is 0 Å². The van der Waals surface area contributed by atoms with Crippen LogP contribution in [0.15, 0.2) is 18.2 Å². The summed E-state index contributed by atoms with van der Waals surface area (Å²) in [6.45, 7) is 18.6. The Morgan fingerprint density at radius 1 is 0.792 bits per heavy atom. The first kappa shape index (κ1) is 21.1. The quantitative estimate of drug-likeness (QED) is 0.372. The van der Waals surface area contributed by atoms with Gasteiger partial charge in [0, 0.05) is 27.1 Å². The van der Waals surface area contributed by atoms with E-state index in [9.17, 15) is 0 Å². The molecular weight excluding hydrogens is 372 g/mol. The molecule has 0 aliphatic rings. The first-order chi connectivity index (χ1) is 11.2. The summed E-state index contributed by atoms with van der Waals surface area (Å²) < 4.78 is 0. The van der Waals surface area contributed by atoms with Gasteiger partial charge in [-0.05, 0) is 45.1 Å². The average Bonchev–Trinajstić information content (AvgIpc) is 2.48. The predicted octanol–water partition coefficient (Wildman–Crippen LogP) is 7.08. The second kappa shape index (κ2) is 8.94. The Balaban J connectivity index is 3.54. The van der Waals surface area contributed by atoms with Crippen LogP contribution >= 0.6 is 15.9 Å². The molecule has 2 heteroatoms. The molecule has 1 aromatic carbocycles. The van der Waals surface area contributed by atoms with E-state index in [1.54, 1.807) is 0 Å². The van der Waals surface area contributed by atoms with Gasteiger partial charge in [0.2, 0.25) is 0 Å². The molecular formula is C22H31BrSi. The van der Waals surface area contributed by atoms with E-state index < -0.39 is 8.07 Å². The van der Waals surface area contributed by atoms with Crippen LogP contribution in [-0.2, 0) is 0 Å². The van der Waals surface area contributed by atoms with Gasteiger partial charge in [0.25, 0.3) is 0 Å². The fourth-order valence-electron chi connectivity index (χ4n) is 3.79. The molecule has 24 heavy (non-hydrogen) atoms. The summed E-state index contributed by atoms with van der Waals surface area (Å²) in [6.07, 6.45) is 0. The van der Waals surface area contributed by atoms with Gasteiger partial charge < -0.3 is 0 Å². The summed E-state index contributed by atoms with van der Waals surface area (Å²) in [6, 6.07) is 6.50. The summed E-state index contributed by atoms with van der Waals surface area (Å²) in [5.74, 6) is 7.21. The molecule has 0 bridgehead atoms. The van der Waals surface area contributed by atoms with Gasteiger partial charge in [-0.1, -0.05) is 73.3 Å². The number of hydrogen-bond donors (Lipinski definition) is 0. The van der Waals surface area contributed by atoms with Gasteiger partial charge in [0.1, 0.15) is 8.07 Å². The normalized spacial score (nSPS) is 11.5. The lowest BCUT2D eigenvalue weighted by Gasteiger charge is -2.38. The number of halogens is 1. The lowest BCUT2D eigenvalue weighted by Crippen LogP contribution is -2.43. The summed E-state index contributed by atoms with van der Waals surface area (Å²) in [4.78, 5) is 2.84. The SMILES string of the molecule is CC(C)c1ccc(C#CBr)c(C#C[Si](C(C)C)(C(C)C)C(C)C)c1. The molecule has 0 fully saturated rings. The lowest BCUT2D eigenvalue weighted by molar-refractivity contribution is 0.838. The van der Waals surface area contributed by atoms with Crippen molar-refractivity contribution in [2.75, 3.05) is 0 Å². The standard InChI is InChI=1S/C22H31BrSi/c1-16(2)21-10-9-20(11-13-23)22(15-21)12-14-24(17(3)4,18(5)6)19(7)8/h9-10,15-19H,1-8H3. The minimum absolute atomic E-state index is 0.499. The molecule has 0 saturated heterocycles.